The van der Waals surface area contributed by atoms with E-state index in [9.17, 15) is 0 Å². The van der Waals surface area contributed by atoms with Gasteiger partial charge in [-0.15, -0.1) is 0 Å². The fourth-order valence-electron chi connectivity index (χ4n) is 2.64. The third-order valence-corrected chi connectivity index (χ3v) is 4.02. The Hall–Kier alpha value is -1.40. The molecule has 0 aromatic carbocycles. The smallest absolute Gasteiger partial charge is 0.148 e. The highest BCUT2D eigenvalue weighted by atomic mass is 15.3. The van der Waals surface area contributed by atoms with Gasteiger partial charge in [0.2, 0.25) is 0 Å². The van der Waals surface area contributed by atoms with Gasteiger partial charge >= 0.3 is 0 Å². The molecule has 6 nitrogen and oxygen atoms in total. The summed E-state index contributed by atoms with van der Waals surface area (Å²) < 4.78 is 0. The maximum atomic E-state index is 5.52. The number of hydrazine groups is 1. The van der Waals surface area contributed by atoms with Gasteiger partial charge in [0, 0.05) is 25.1 Å². The highest BCUT2D eigenvalue weighted by molar-refractivity contribution is 5.56. The third kappa shape index (κ3) is 3.37. The number of aromatic nitrogens is 2. The summed E-state index contributed by atoms with van der Waals surface area (Å²) >= 11 is 0. The molecule has 1 atom stereocenters. The maximum absolute atomic E-state index is 5.52. The van der Waals surface area contributed by atoms with Gasteiger partial charge in [-0.05, 0) is 32.4 Å². The molecule has 20 heavy (non-hydrogen) atoms. The number of nitrogens with one attached hydrogen (secondary N) is 2. The van der Waals surface area contributed by atoms with Crippen molar-refractivity contribution in [2.75, 3.05) is 36.9 Å². The minimum absolute atomic E-state index is 0.698. The average molecular weight is 278 g/mol. The second kappa shape index (κ2) is 6.85. The number of nitrogens with two attached hydrogens (primary N) is 1. The predicted molar refractivity (Wildman–Crippen MR) is 82.7 cm³/mol. The van der Waals surface area contributed by atoms with E-state index in [1.54, 1.807) is 0 Å². The van der Waals surface area contributed by atoms with E-state index in [0.717, 1.165) is 36.7 Å². The van der Waals surface area contributed by atoms with Gasteiger partial charge in [-0.1, -0.05) is 13.8 Å². The van der Waals surface area contributed by atoms with Crippen molar-refractivity contribution in [2.24, 2.45) is 11.8 Å². The summed E-state index contributed by atoms with van der Waals surface area (Å²) in [5, 5.41) is 3.48. The van der Waals surface area contributed by atoms with Crippen LogP contribution in [0.1, 0.15) is 31.7 Å². The van der Waals surface area contributed by atoms with E-state index in [1.165, 1.54) is 19.5 Å². The first-order valence-electron chi connectivity index (χ1n) is 7.48. The van der Waals surface area contributed by atoms with Crippen molar-refractivity contribution in [2.45, 2.75) is 33.6 Å². The fourth-order valence-corrected chi connectivity index (χ4v) is 2.64. The van der Waals surface area contributed by atoms with Crippen molar-refractivity contribution < 1.29 is 0 Å². The number of nitrogen functional groups attached to an aromatic ring is 1. The summed E-state index contributed by atoms with van der Waals surface area (Å²) in [5.74, 6) is 8.65. The molecule has 4 N–H and O–H groups in total. The van der Waals surface area contributed by atoms with E-state index in [2.05, 4.69) is 32.5 Å². The second-order valence-electron chi connectivity index (χ2n) is 5.39. The topological polar surface area (TPSA) is 79.1 Å². The summed E-state index contributed by atoms with van der Waals surface area (Å²) in [5.41, 5.74) is 3.64. The lowest BCUT2D eigenvalue weighted by molar-refractivity contribution is 0.345. The molecule has 0 aliphatic carbocycles. The summed E-state index contributed by atoms with van der Waals surface area (Å²) in [7, 11) is 0. The first-order chi connectivity index (χ1) is 9.67. The van der Waals surface area contributed by atoms with Crippen molar-refractivity contribution in [3.63, 3.8) is 0 Å². The molecule has 0 saturated carbocycles. The molecule has 2 heterocycles. The molecule has 0 bridgehead atoms. The standard InChI is InChI=1S/C14H26N6/c1-4-12-17-13(10(3)14(18-12)19-15)16-8-11-6-7-20(5-2)9-11/h11H,4-9,15H2,1-3H3,(H2,16,17,18,19). The Morgan fingerprint density at radius 3 is 2.65 bits per heavy atom. The number of aryl methyl sites for hydroxylation is 1. The molecule has 2 rings (SSSR count). The Morgan fingerprint density at radius 1 is 1.30 bits per heavy atom. The number of hydrogen-bond acceptors (Lipinski definition) is 6. The highest BCUT2D eigenvalue weighted by Gasteiger charge is 2.21. The van der Waals surface area contributed by atoms with E-state index >= 15 is 0 Å². The fraction of sp³-hybridized carbons (Fsp3) is 0.714. The molecule has 1 aromatic rings. The van der Waals surface area contributed by atoms with Gasteiger partial charge in [-0.3, -0.25) is 0 Å². The van der Waals surface area contributed by atoms with Crippen LogP contribution in [0.2, 0.25) is 0 Å². The van der Waals surface area contributed by atoms with Crippen LogP contribution in [0.25, 0.3) is 0 Å². The van der Waals surface area contributed by atoms with Gasteiger partial charge in [-0.25, -0.2) is 15.8 Å². The van der Waals surface area contributed by atoms with Crippen molar-refractivity contribution in [1.29, 1.82) is 0 Å². The second-order valence-corrected chi connectivity index (χ2v) is 5.39. The summed E-state index contributed by atoms with van der Waals surface area (Å²) in [6, 6.07) is 0. The molecule has 1 aliphatic rings. The Morgan fingerprint density at radius 2 is 2.05 bits per heavy atom. The lowest BCUT2D eigenvalue weighted by Gasteiger charge is -2.16. The SMILES string of the molecule is CCc1nc(NN)c(C)c(NCC2CCN(CC)C2)n1. The van der Waals surface area contributed by atoms with Gasteiger partial charge in [-0.2, -0.15) is 0 Å². The van der Waals surface area contributed by atoms with E-state index < -0.39 is 0 Å². The van der Waals surface area contributed by atoms with Gasteiger partial charge in [0.15, 0.2) is 0 Å². The molecular formula is C14H26N6. The first-order valence-corrected chi connectivity index (χ1v) is 7.48. The van der Waals surface area contributed by atoms with Crippen LogP contribution < -0.4 is 16.6 Å². The van der Waals surface area contributed by atoms with Gasteiger partial charge in [0.05, 0.1) is 0 Å². The number of nitrogens with zero attached hydrogens (tertiary/aromatic N) is 3. The highest BCUT2D eigenvalue weighted by Crippen LogP contribution is 2.21. The normalized spacial score (nSPS) is 19.3. The lowest BCUT2D eigenvalue weighted by Crippen LogP contribution is -2.23. The van der Waals surface area contributed by atoms with Crippen molar-refractivity contribution >= 4 is 11.6 Å². The average Bonchev–Trinajstić information content (AvgIpc) is 2.94. The van der Waals surface area contributed by atoms with E-state index in [4.69, 9.17) is 5.84 Å². The van der Waals surface area contributed by atoms with Crippen LogP contribution >= 0.6 is 0 Å². The Kier molecular flexibility index (Phi) is 5.14. The number of rotatable bonds is 6. The summed E-state index contributed by atoms with van der Waals surface area (Å²) in [4.78, 5) is 11.4. The van der Waals surface area contributed by atoms with Crippen LogP contribution in [0.3, 0.4) is 0 Å². The Labute approximate surface area is 121 Å². The number of likely N-dealkylation sites (tertiary alicyclic amines) is 1. The molecule has 1 aromatic heterocycles. The minimum atomic E-state index is 0.698. The molecule has 0 spiro atoms. The molecule has 1 unspecified atom stereocenters. The Balaban J connectivity index is 2.02. The van der Waals surface area contributed by atoms with Gasteiger partial charge in [0.25, 0.3) is 0 Å². The Bertz CT molecular complexity index is 448. The predicted octanol–water partition coefficient (Wildman–Crippen LogP) is 1.39. The molecule has 0 radical (unpaired) electrons. The van der Waals surface area contributed by atoms with Crippen molar-refractivity contribution in [1.82, 2.24) is 14.9 Å². The molecule has 1 aliphatic heterocycles. The maximum Gasteiger partial charge on any atom is 0.148 e. The van der Waals surface area contributed by atoms with Crippen LogP contribution in [0, 0.1) is 12.8 Å². The van der Waals surface area contributed by atoms with Crippen molar-refractivity contribution in [3.8, 4) is 0 Å². The zero-order chi connectivity index (χ0) is 14.5. The third-order valence-electron chi connectivity index (χ3n) is 4.02. The number of hydrogen-bond donors (Lipinski definition) is 3. The monoisotopic (exact) mass is 278 g/mol. The largest absolute Gasteiger partial charge is 0.369 e. The minimum Gasteiger partial charge on any atom is -0.369 e. The molecular weight excluding hydrogens is 252 g/mol. The van der Waals surface area contributed by atoms with Crippen LogP contribution in [-0.2, 0) is 6.42 Å². The zero-order valence-electron chi connectivity index (χ0n) is 12.7. The van der Waals surface area contributed by atoms with E-state index in [-0.39, 0.29) is 0 Å². The van der Waals surface area contributed by atoms with E-state index in [1.807, 2.05) is 13.8 Å². The summed E-state index contributed by atoms with van der Waals surface area (Å²) in [6.07, 6.45) is 2.06. The van der Waals surface area contributed by atoms with Crippen LogP contribution in [-0.4, -0.2) is 41.0 Å². The zero-order valence-corrected chi connectivity index (χ0v) is 12.7. The molecule has 1 saturated heterocycles. The molecule has 6 heteroatoms. The van der Waals surface area contributed by atoms with Crippen molar-refractivity contribution in [3.05, 3.63) is 11.4 Å². The van der Waals surface area contributed by atoms with Gasteiger partial charge in [0.1, 0.15) is 17.5 Å². The summed E-state index contributed by atoms with van der Waals surface area (Å²) in [6.45, 7) is 10.7. The first kappa shape index (κ1) is 15.0. The number of anilines is 2. The van der Waals surface area contributed by atoms with Gasteiger partial charge < -0.3 is 15.6 Å². The lowest BCUT2D eigenvalue weighted by atomic mass is 10.1. The van der Waals surface area contributed by atoms with Crippen LogP contribution in [0.4, 0.5) is 11.6 Å². The molecule has 0 amide bonds. The van der Waals surface area contributed by atoms with Crippen LogP contribution in [0.5, 0.6) is 0 Å². The molecule has 1 fully saturated rings. The molecule has 112 valence electrons. The van der Waals surface area contributed by atoms with Crippen LogP contribution in [0.15, 0.2) is 0 Å². The van der Waals surface area contributed by atoms with E-state index in [0.29, 0.717) is 11.7 Å². The quantitative estimate of drug-likeness (QED) is 0.539.